The highest BCUT2D eigenvalue weighted by Crippen LogP contribution is 2.28. The number of sulfonamides is 1. The average Bonchev–Trinajstić information content (AvgIpc) is 2.70. The Bertz CT molecular complexity index is 1110. The first-order valence-corrected chi connectivity index (χ1v) is 10.5. The molecule has 0 saturated carbocycles. The Balaban J connectivity index is 1.91. The third-order valence-corrected chi connectivity index (χ3v) is 5.08. The molecule has 1 heterocycles. The van der Waals surface area contributed by atoms with Crippen LogP contribution in [0.5, 0.6) is 17.4 Å². The molecule has 3 aromatic rings. The third kappa shape index (κ3) is 4.72. The van der Waals surface area contributed by atoms with Crippen LogP contribution in [-0.4, -0.2) is 32.7 Å². The van der Waals surface area contributed by atoms with E-state index in [4.69, 9.17) is 9.47 Å². The van der Waals surface area contributed by atoms with Crippen LogP contribution in [0.1, 0.15) is 15.9 Å². The van der Waals surface area contributed by atoms with Crippen molar-refractivity contribution in [3.63, 3.8) is 0 Å². The van der Waals surface area contributed by atoms with E-state index in [1.54, 1.807) is 12.1 Å². The number of pyridine rings is 1. The molecule has 0 N–H and O–H groups in total. The number of methoxy groups -OCH3 is 1. The minimum absolute atomic E-state index is 0.0420. The van der Waals surface area contributed by atoms with Crippen molar-refractivity contribution in [2.45, 2.75) is 6.92 Å². The van der Waals surface area contributed by atoms with Gasteiger partial charge in [-0.15, -0.1) is 0 Å². The summed E-state index contributed by atoms with van der Waals surface area (Å²) in [5, 5.41) is 0. The summed E-state index contributed by atoms with van der Waals surface area (Å²) in [4.78, 5) is 16.9. The van der Waals surface area contributed by atoms with Crippen molar-refractivity contribution >= 4 is 21.6 Å². The van der Waals surface area contributed by atoms with Crippen LogP contribution in [-0.2, 0) is 10.0 Å². The van der Waals surface area contributed by atoms with Crippen molar-refractivity contribution in [2.75, 3.05) is 17.7 Å². The lowest BCUT2D eigenvalue weighted by Crippen LogP contribution is -2.36. The molecule has 0 spiro atoms. The fourth-order valence-electron chi connectivity index (χ4n) is 2.68. The Morgan fingerprint density at radius 2 is 1.55 bits per heavy atom. The molecular formula is C21H20N2O5S. The predicted molar refractivity (Wildman–Crippen MR) is 110 cm³/mol. The Morgan fingerprint density at radius 3 is 2.10 bits per heavy atom. The second kappa shape index (κ2) is 8.32. The number of anilines is 1. The second-order valence-electron chi connectivity index (χ2n) is 6.30. The van der Waals surface area contributed by atoms with Gasteiger partial charge in [0, 0.05) is 6.20 Å². The van der Waals surface area contributed by atoms with E-state index in [0.717, 1.165) is 11.8 Å². The maximum atomic E-state index is 13.0. The van der Waals surface area contributed by atoms with Crippen LogP contribution in [0, 0.1) is 6.92 Å². The highest BCUT2D eigenvalue weighted by Gasteiger charge is 2.29. The summed E-state index contributed by atoms with van der Waals surface area (Å²) in [5.74, 6) is 0.451. The van der Waals surface area contributed by atoms with Crippen LogP contribution in [0.4, 0.5) is 5.69 Å². The predicted octanol–water partition coefficient (Wildman–Crippen LogP) is 3.80. The Kier molecular flexibility index (Phi) is 5.84. The molecule has 0 saturated heterocycles. The Morgan fingerprint density at radius 1 is 0.966 bits per heavy atom. The average molecular weight is 412 g/mol. The quantitative estimate of drug-likeness (QED) is 0.612. The zero-order valence-electron chi connectivity index (χ0n) is 16.2. The molecule has 0 unspecified atom stereocenters. The Hall–Kier alpha value is -3.39. The number of hydrogen-bond acceptors (Lipinski definition) is 6. The number of aryl methyl sites for hydroxylation is 1. The van der Waals surface area contributed by atoms with E-state index in [-0.39, 0.29) is 17.1 Å². The molecule has 0 aliphatic heterocycles. The molecule has 7 nitrogen and oxygen atoms in total. The number of carbonyl (C=O) groups is 1. The number of rotatable bonds is 6. The molecule has 0 aliphatic rings. The van der Waals surface area contributed by atoms with E-state index in [0.29, 0.717) is 15.8 Å². The van der Waals surface area contributed by atoms with Crippen molar-refractivity contribution < 1.29 is 22.7 Å². The zero-order valence-corrected chi connectivity index (χ0v) is 17.0. The number of amides is 1. The van der Waals surface area contributed by atoms with Gasteiger partial charge in [-0.25, -0.2) is 17.7 Å². The minimum Gasteiger partial charge on any atom is -0.480 e. The summed E-state index contributed by atoms with van der Waals surface area (Å²) in [6.45, 7) is 1.98. The number of nitrogens with zero attached hydrogens (tertiary/aromatic N) is 2. The van der Waals surface area contributed by atoms with E-state index < -0.39 is 15.9 Å². The number of carbonyl (C=O) groups excluding carboxylic acids is 1. The van der Waals surface area contributed by atoms with Crippen molar-refractivity contribution in [3.8, 4) is 17.4 Å². The van der Waals surface area contributed by atoms with Crippen LogP contribution < -0.4 is 13.8 Å². The van der Waals surface area contributed by atoms with Gasteiger partial charge < -0.3 is 9.47 Å². The third-order valence-electron chi connectivity index (χ3n) is 4.04. The van der Waals surface area contributed by atoms with Gasteiger partial charge >= 0.3 is 0 Å². The largest absolute Gasteiger partial charge is 0.480 e. The van der Waals surface area contributed by atoms with Gasteiger partial charge in [0.05, 0.1) is 19.1 Å². The maximum absolute atomic E-state index is 13.0. The maximum Gasteiger partial charge on any atom is 0.277 e. The van der Waals surface area contributed by atoms with E-state index in [9.17, 15) is 13.2 Å². The summed E-state index contributed by atoms with van der Waals surface area (Å²) >= 11 is 0. The van der Waals surface area contributed by atoms with Crippen LogP contribution >= 0.6 is 0 Å². The van der Waals surface area contributed by atoms with Crippen LogP contribution in [0.3, 0.4) is 0 Å². The number of hydrogen-bond donors (Lipinski definition) is 0. The highest BCUT2D eigenvalue weighted by atomic mass is 32.2. The summed E-state index contributed by atoms with van der Waals surface area (Å²) in [6, 6.07) is 16.7. The van der Waals surface area contributed by atoms with E-state index in [1.807, 2.05) is 31.2 Å². The van der Waals surface area contributed by atoms with Gasteiger partial charge in [-0.1, -0.05) is 17.7 Å². The molecule has 29 heavy (non-hydrogen) atoms. The molecule has 150 valence electrons. The first-order chi connectivity index (χ1) is 13.8. The summed E-state index contributed by atoms with van der Waals surface area (Å²) in [5.41, 5.74) is 1.33. The van der Waals surface area contributed by atoms with Crippen LogP contribution in [0.2, 0.25) is 0 Å². The molecule has 3 rings (SSSR count). The molecule has 0 radical (unpaired) electrons. The van der Waals surface area contributed by atoms with Gasteiger partial charge in [-0.3, -0.25) is 4.79 Å². The van der Waals surface area contributed by atoms with Gasteiger partial charge in [0.2, 0.25) is 15.9 Å². The molecule has 0 atom stereocenters. The van der Waals surface area contributed by atoms with Crippen LogP contribution in [0.15, 0.2) is 66.9 Å². The minimum atomic E-state index is -3.91. The van der Waals surface area contributed by atoms with Gasteiger partial charge in [-0.05, 0) is 55.5 Å². The van der Waals surface area contributed by atoms with Crippen LogP contribution in [0.25, 0.3) is 0 Å². The van der Waals surface area contributed by atoms with E-state index >= 15 is 0 Å². The molecule has 0 fully saturated rings. The number of ether oxygens (including phenoxy) is 2. The first-order valence-electron chi connectivity index (χ1n) is 8.68. The standard InChI is InChI=1S/C21H20N2O5S/c1-15-6-10-17(11-7-15)28-18-12-8-16(9-13-18)23(29(3,25)26)21(24)19-5-4-14-22-20(19)27-2/h4-14H,1-3H3. The van der Waals surface area contributed by atoms with E-state index in [1.165, 1.54) is 37.6 Å². The SMILES string of the molecule is COc1ncccc1C(=O)N(c1ccc(Oc2ccc(C)cc2)cc1)S(C)(=O)=O. The first kappa shape index (κ1) is 20.3. The van der Waals surface area contributed by atoms with Crippen molar-refractivity contribution in [3.05, 3.63) is 78.0 Å². The lowest BCUT2D eigenvalue weighted by molar-refractivity contribution is 0.100. The Labute approximate surface area is 169 Å². The molecular weight excluding hydrogens is 392 g/mol. The van der Waals surface area contributed by atoms with Gasteiger partial charge in [0.15, 0.2) is 0 Å². The topological polar surface area (TPSA) is 85.8 Å². The molecule has 0 bridgehead atoms. The molecule has 1 aromatic heterocycles. The second-order valence-corrected chi connectivity index (χ2v) is 8.13. The fraction of sp³-hybridized carbons (Fsp3) is 0.143. The van der Waals surface area contributed by atoms with Gasteiger partial charge in [0.1, 0.15) is 17.1 Å². The van der Waals surface area contributed by atoms with Gasteiger partial charge in [-0.2, -0.15) is 0 Å². The molecule has 2 aromatic carbocycles. The van der Waals surface area contributed by atoms with Crippen molar-refractivity contribution in [1.29, 1.82) is 0 Å². The van der Waals surface area contributed by atoms with E-state index in [2.05, 4.69) is 4.98 Å². The lowest BCUT2D eigenvalue weighted by atomic mass is 10.2. The van der Waals surface area contributed by atoms with Crippen molar-refractivity contribution in [2.24, 2.45) is 0 Å². The van der Waals surface area contributed by atoms with Gasteiger partial charge in [0.25, 0.3) is 5.91 Å². The molecule has 8 heteroatoms. The summed E-state index contributed by atoms with van der Waals surface area (Å²) in [7, 11) is -2.54. The smallest absolute Gasteiger partial charge is 0.277 e. The normalized spacial score (nSPS) is 11.0. The fourth-order valence-corrected chi connectivity index (χ4v) is 3.58. The lowest BCUT2D eigenvalue weighted by Gasteiger charge is -2.21. The molecule has 1 amide bonds. The zero-order chi connectivity index (χ0) is 21.0. The molecule has 0 aliphatic carbocycles. The summed E-state index contributed by atoms with van der Waals surface area (Å²) in [6.07, 6.45) is 2.42. The number of aromatic nitrogens is 1. The highest BCUT2D eigenvalue weighted by molar-refractivity contribution is 7.92. The monoisotopic (exact) mass is 412 g/mol. The summed E-state index contributed by atoms with van der Waals surface area (Å²) < 4.78 is 36.3. The number of benzene rings is 2. The van der Waals surface area contributed by atoms with Crippen molar-refractivity contribution in [1.82, 2.24) is 4.98 Å².